The van der Waals surface area contributed by atoms with Crippen LogP contribution in [0.1, 0.15) is 16.7 Å². The Morgan fingerprint density at radius 2 is 1.79 bits per heavy atom. The number of nitrogens with zero attached hydrogens (tertiary/aromatic N) is 2. The van der Waals surface area contributed by atoms with Crippen LogP contribution in [0.3, 0.4) is 0 Å². The fraction of sp³-hybridized carbons (Fsp3) is 0.400. The number of rotatable bonds is 6. The van der Waals surface area contributed by atoms with E-state index in [4.69, 9.17) is 4.74 Å². The van der Waals surface area contributed by atoms with Crippen LogP contribution in [-0.4, -0.2) is 56.5 Å². The van der Waals surface area contributed by atoms with Gasteiger partial charge in [-0.15, -0.1) is 0 Å². The third-order valence-corrected chi connectivity index (χ3v) is 6.60. The van der Waals surface area contributed by atoms with Crippen molar-refractivity contribution in [2.75, 3.05) is 43.5 Å². The van der Waals surface area contributed by atoms with Gasteiger partial charge >= 0.3 is 0 Å². The monoisotopic (exact) mass is 418 g/mol. The molecule has 29 heavy (non-hydrogen) atoms. The number of aryl methyl sites for hydroxylation is 3. The largest absolute Gasteiger partial charge is 0.379 e. The van der Waals surface area contributed by atoms with Crippen LogP contribution < -0.4 is 10.6 Å². The lowest BCUT2D eigenvalue weighted by Crippen LogP contribution is -2.40. The van der Waals surface area contributed by atoms with Gasteiger partial charge in [0.05, 0.1) is 19.8 Å². The van der Waals surface area contributed by atoms with Gasteiger partial charge in [0.15, 0.2) is 0 Å². The molecular weight excluding hydrogens is 392 g/mol. The van der Waals surface area contributed by atoms with Crippen molar-refractivity contribution >= 4 is 27.4 Å². The highest BCUT2D eigenvalue weighted by Crippen LogP contribution is 2.22. The molecule has 8 nitrogen and oxygen atoms in total. The number of anilines is 2. The highest BCUT2D eigenvalue weighted by Gasteiger charge is 2.26. The van der Waals surface area contributed by atoms with E-state index < -0.39 is 10.0 Å². The molecule has 1 fully saturated rings. The van der Waals surface area contributed by atoms with Crippen LogP contribution >= 0.6 is 0 Å². The lowest BCUT2D eigenvalue weighted by atomic mass is 10.1. The SMILES string of the molecule is Cc1cc(C)c(NC(=O)CNc2ccc(S(=O)(=O)N3CCOCC3)cn2)c(C)c1. The Bertz CT molecular complexity index is 961. The molecule has 0 spiro atoms. The summed E-state index contributed by atoms with van der Waals surface area (Å²) < 4.78 is 31.8. The summed E-state index contributed by atoms with van der Waals surface area (Å²) in [6.07, 6.45) is 1.30. The summed E-state index contributed by atoms with van der Waals surface area (Å²) in [4.78, 5) is 16.6. The van der Waals surface area contributed by atoms with E-state index in [9.17, 15) is 13.2 Å². The van der Waals surface area contributed by atoms with E-state index in [-0.39, 0.29) is 17.3 Å². The Kier molecular flexibility index (Phi) is 6.51. The molecule has 9 heteroatoms. The molecule has 0 radical (unpaired) electrons. The summed E-state index contributed by atoms with van der Waals surface area (Å²) in [5, 5.41) is 5.83. The fourth-order valence-electron chi connectivity index (χ4n) is 3.31. The molecule has 0 unspecified atom stereocenters. The van der Waals surface area contributed by atoms with E-state index in [1.807, 2.05) is 32.9 Å². The number of ether oxygens (including phenoxy) is 1. The third kappa shape index (κ3) is 5.11. The predicted octanol–water partition coefficient (Wildman–Crippen LogP) is 2.08. The maximum Gasteiger partial charge on any atom is 0.244 e. The van der Waals surface area contributed by atoms with Gasteiger partial charge in [-0.2, -0.15) is 4.31 Å². The molecule has 2 N–H and O–H groups in total. The van der Waals surface area contributed by atoms with Gasteiger partial charge in [0, 0.05) is 25.0 Å². The Labute approximate surface area is 171 Å². The Morgan fingerprint density at radius 1 is 1.14 bits per heavy atom. The number of pyridine rings is 1. The summed E-state index contributed by atoms with van der Waals surface area (Å²) in [5.41, 5.74) is 3.97. The molecule has 1 aromatic carbocycles. The highest BCUT2D eigenvalue weighted by atomic mass is 32.2. The topological polar surface area (TPSA) is 101 Å². The van der Waals surface area contributed by atoms with E-state index in [0.717, 1.165) is 22.4 Å². The summed E-state index contributed by atoms with van der Waals surface area (Å²) in [5.74, 6) is 0.227. The smallest absolute Gasteiger partial charge is 0.244 e. The normalized spacial score (nSPS) is 15.1. The van der Waals surface area contributed by atoms with Crippen molar-refractivity contribution in [1.82, 2.24) is 9.29 Å². The minimum Gasteiger partial charge on any atom is -0.379 e. The second kappa shape index (κ2) is 8.89. The number of morpholine rings is 1. The zero-order valence-corrected chi connectivity index (χ0v) is 17.7. The van der Waals surface area contributed by atoms with Crippen molar-refractivity contribution in [2.45, 2.75) is 25.7 Å². The first-order valence-electron chi connectivity index (χ1n) is 9.43. The van der Waals surface area contributed by atoms with Crippen molar-refractivity contribution in [3.63, 3.8) is 0 Å². The van der Waals surface area contributed by atoms with Crippen LogP contribution in [-0.2, 0) is 19.6 Å². The van der Waals surface area contributed by atoms with Crippen LogP contribution in [0.4, 0.5) is 11.5 Å². The first-order chi connectivity index (χ1) is 13.8. The molecule has 0 saturated carbocycles. The van der Waals surface area contributed by atoms with Crippen molar-refractivity contribution in [2.24, 2.45) is 0 Å². The first-order valence-corrected chi connectivity index (χ1v) is 10.9. The molecule has 0 atom stereocenters. The van der Waals surface area contributed by atoms with Crippen LogP contribution in [0.5, 0.6) is 0 Å². The maximum absolute atomic E-state index is 12.6. The minimum absolute atomic E-state index is 0.0231. The van der Waals surface area contributed by atoms with E-state index in [1.54, 1.807) is 6.07 Å². The average molecular weight is 419 g/mol. The number of hydrogen-bond donors (Lipinski definition) is 2. The van der Waals surface area contributed by atoms with E-state index in [2.05, 4.69) is 15.6 Å². The summed E-state index contributed by atoms with van der Waals surface area (Å²) in [7, 11) is -3.58. The van der Waals surface area contributed by atoms with E-state index in [1.165, 1.54) is 16.6 Å². The van der Waals surface area contributed by atoms with Crippen molar-refractivity contribution in [1.29, 1.82) is 0 Å². The molecule has 0 bridgehead atoms. The first kappa shape index (κ1) is 21.2. The molecule has 1 saturated heterocycles. The Hall–Kier alpha value is -2.49. The number of carbonyl (C=O) groups excluding carboxylic acids is 1. The van der Waals surface area contributed by atoms with Gasteiger partial charge in [-0.25, -0.2) is 13.4 Å². The molecule has 1 amide bonds. The number of hydrogen-bond acceptors (Lipinski definition) is 6. The number of carbonyl (C=O) groups is 1. The van der Waals surface area contributed by atoms with Crippen LogP contribution in [0, 0.1) is 20.8 Å². The zero-order chi connectivity index (χ0) is 21.0. The molecular formula is C20H26N4O4S. The van der Waals surface area contributed by atoms with Crippen LogP contribution in [0.25, 0.3) is 0 Å². The van der Waals surface area contributed by atoms with Gasteiger partial charge < -0.3 is 15.4 Å². The molecule has 0 aliphatic carbocycles. The average Bonchev–Trinajstić information content (AvgIpc) is 2.70. The highest BCUT2D eigenvalue weighted by molar-refractivity contribution is 7.89. The Balaban J connectivity index is 1.60. The lowest BCUT2D eigenvalue weighted by Gasteiger charge is -2.25. The number of amides is 1. The summed E-state index contributed by atoms with van der Waals surface area (Å²) in [6, 6.07) is 7.09. The number of benzene rings is 1. The molecule has 1 aromatic heterocycles. The standard InChI is InChI=1S/C20H26N4O4S/c1-14-10-15(2)20(16(3)11-14)23-19(25)13-22-18-5-4-17(12-21-18)29(26,27)24-6-8-28-9-7-24/h4-5,10-12H,6-9,13H2,1-3H3,(H,21,22)(H,23,25). The van der Waals surface area contributed by atoms with Crippen molar-refractivity contribution < 1.29 is 17.9 Å². The lowest BCUT2D eigenvalue weighted by molar-refractivity contribution is -0.114. The van der Waals surface area contributed by atoms with Gasteiger partial charge in [-0.1, -0.05) is 17.7 Å². The van der Waals surface area contributed by atoms with Gasteiger partial charge in [-0.3, -0.25) is 4.79 Å². The van der Waals surface area contributed by atoms with Gasteiger partial charge in [0.1, 0.15) is 10.7 Å². The minimum atomic E-state index is -3.58. The molecule has 2 aromatic rings. The molecule has 3 rings (SSSR count). The summed E-state index contributed by atoms with van der Waals surface area (Å²) >= 11 is 0. The predicted molar refractivity (Wildman–Crippen MR) is 112 cm³/mol. The number of nitrogens with one attached hydrogen (secondary N) is 2. The Morgan fingerprint density at radius 3 is 2.38 bits per heavy atom. The van der Waals surface area contributed by atoms with Crippen LogP contribution in [0.2, 0.25) is 0 Å². The second-order valence-electron chi connectivity index (χ2n) is 7.07. The zero-order valence-electron chi connectivity index (χ0n) is 16.9. The van der Waals surface area contributed by atoms with Gasteiger partial charge in [0.2, 0.25) is 15.9 Å². The molecule has 1 aliphatic heterocycles. The molecule has 2 heterocycles. The van der Waals surface area contributed by atoms with E-state index in [0.29, 0.717) is 32.1 Å². The van der Waals surface area contributed by atoms with Crippen molar-refractivity contribution in [3.05, 3.63) is 47.2 Å². The van der Waals surface area contributed by atoms with Gasteiger partial charge in [-0.05, 0) is 44.0 Å². The molecule has 1 aliphatic rings. The van der Waals surface area contributed by atoms with Crippen molar-refractivity contribution in [3.8, 4) is 0 Å². The van der Waals surface area contributed by atoms with Gasteiger partial charge in [0.25, 0.3) is 0 Å². The second-order valence-corrected chi connectivity index (χ2v) is 9.01. The van der Waals surface area contributed by atoms with Crippen LogP contribution in [0.15, 0.2) is 35.4 Å². The maximum atomic E-state index is 12.6. The third-order valence-electron chi connectivity index (χ3n) is 4.72. The number of sulfonamides is 1. The number of aromatic nitrogens is 1. The summed E-state index contributed by atoms with van der Waals surface area (Å²) in [6.45, 7) is 7.40. The quantitative estimate of drug-likeness (QED) is 0.745. The van der Waals surface area contributed by atoms with E-state index >= 15 is 0 Å². The fourth-order valence-corrected chi connectivity index (χ4v) is 4.66. The molecule has 156 valence electrons.